The highest BCUT2D eigenvalue weighted by molar-refractivity contribution is 8.26. The fourth-order valence-electron chi connectivity index (χ4n) is 2.08. The quantitative estimate of drug-likeness (QED) is 0.465. The maximum Gasteiger partial charge on any atom is 0.305 e. The largest absolute Gasteiger partial charge is 0.504 e. The number of benzene rings is 1. The molecule has 1 aliphatic rings. The highest BCUT2D eigenvalue weighted by Crippen LogP contribution is 2.34. The van der Waals surface area contributed by atoms with Crippen LogP contribution in [0.25, 0.3) is 6.08 Å². The van der Waals surface area contributed by atoms with Gasteiger partial charge < -0.3 is 20.3 Å². The lowest BCUT2D eigenvalue weighted by atomic mass is 10.2. The molecule has 1 heterocycles. The number of hydrogen-bond donors (Lipinski definition) is 3. The van der Waals surface area contributed by atoms with Crippen LogP contribution in [0.2, 0.25) is 0 Å². The molecule has 0 saturated carbocycles. The van der Waals surface area contributed by atoms with Crippen molar-refractivity contribution in [2.75, 3.05) is 20.2 Å². The van der Waals surface area contributed by atoms with Crippen LogP contribution in [0.3, 0.4) is 0 Å². The summed E-state index contributed by atoms with van der Waals surface area (Å²) in [5.41, 5.74) is 0.631. The van der Waals surface area contributed by atoms with Crippen LogP contribution >= 0.6 is 24.0 Å². The number of aromatic hydroxyl groups is 1. The zero-order valence-corrected chi connectivity index (χ0v) is 15.4. The summed E-state index contributed by atoms with van der Waals surface area (Å²) in [7, 11) is 1.42. The van der Waals surface area contributed by atoms with Gasteiger partial charge in [0.25, 0.3) is 5.91 Å². The monoisotopic (exact) mass is 396 g/mol. The van der Waals surface area contributed by atoms with Crippen molar-refractivity contribution >= 4 is 52.2 Å². The van der Waals surface area contributed by atoms with Gasteiger partial charge in [0, 0.05) is 6.54 Å². The average Bonchev–Trinajstić information content (AvgIpc) is 2.83. The van der Waals surface area contributed by atoms with Crippen molar-refractivity contribution in [1.29, 1.82) is 0 Å². The molecule has 10 heteroatoms. The Labute approximate surface area is 158 Å². The van der Waals surface area contributed by atoms with E-state index in [2.05, 4.69) is 5.32 Å². The van der Waals surface area contributed by atoms with Crippen LogP contribution in [-0.2, 0) is 14.4 Å². The molecule has 3 N–H and O–H groups in total. The van der Waals surface area contributed by atoms with Crippen LogP contribution in [0.1, 0.15) is 12.0 Å². The van der Waals surface area contributed by atoms with Gasteiger partial charge in [0.05, 0.1) is 18.4 Å². The van der Waals surface area contributed by atoms with E-state index in [-0.39, 0.29) is 35.3 Å². The predicted octanol–water partition coefficient (Wildman–Crippen LogP) is 1.19. The van der Waals surface area contributed by atoms with Crippen LogP contribution in [-0.4, -0.2) is 57.4 Å². The minimum absolute atomic E-state index is 0.0183. The van der Waals surface area contributed by atoms with E-state index >= 15 is 0 Å². The number of nitrogens with one attached hydrogen (secondary N) is 1. The Hall–Kier alpha value is -2.59. The number of carboxylic acid groups (broad SMARTS) is 1. The van der Waals surface area contributed by atoms with Gasteiger partial charge in [-0.15, -0.1) is 0 Å². The molecule has 1 aliphatic heterocycles. The van der Waals surface area contributed by atoms with Gasteiger partial charge in [0.2, 0.25) is 5.91 Å². The van der Waals surface area contributed by atoms with E-state index in [9.17, 15) is 19.5 Å². The molecule has 0 radical (unpaired) electrons. The summed E-state index contributed by atoms with van der Waals surface area (Å²) in [4.78, 5) is 36.2. The lowest BCUT2D eigenvalue weighted by molar-refractivity contribution is -0.137. The molecule has 1 fully saturated rings. The lowest BCUT2D eigenvalue weighted by Gasteiger charge is -2.13. The molecule has 1 saturated heterocycles. The Morgan fingerprint density at radius 1 is 1.42 bits per heavy atom. The van der Waals surface area contributed by atoms with Crippen molar-refractivity contribution in [3.63, 3.8) is 0 Å². The second-order valence-electron chi connectivity index (χ2n) is 5.19. The molecule has 2 rings (SSSR count). The number of nitrogens with zero attached hydrogens (tertiary/aromatic N) is 1. The molecular formula is C16H16N2O6S2. The van der Waals surface area contributed by atoms with Crippen molar-refractivity contribution in [2.45, 2.75) is 6.42 Å². The van der Waals surface area contributed by atoms with E-state index in [0.29, 0.717) is 10.5 Å². The number of ether oxygens (including phenoxy) is 1. The van der Waals surface area contributed by atoms with E-state index in [4.69, 9.17) is 22.1 Å². The zero-order chi connectivity index (χ0) is 19.3. The van der Waals surface area contributed by atoms with Gasteiger partial charge in [0.15, 0.2) is 11.5 Å². The molecule has 0 atom stereocenters. The normalized spacial score (nSPS) is 15.4. The Bertz CT molecular complexity index is 793. The van der Waals surface area contributed by atoms with E-state index in [1.807, 2.05) is 0 Å². The van der Waals surface area contributed by atoms with Gasteiger partial charge in [-0.2, -0.15) is 0 Å². The van der Waals surface area contributed by atoms with Crippen LogP contribution in [0.5, 0.6) is 11.5 Å². The smallest absolute Gasteiger partial charge is 0.305 e. The summed E-state index contributed by atoms with van der Waals surface area (Å²) in [5, 5.41) is 20.6. The topological polar surface area (TPSA) is 116 Å². The average molecular weight is 396 g/mol. The Morgan fingerprint density at radius 3 is 2.81 bits per heavy atom. The minimum atomic E-state index is -1.02. The third-order valence-corrected chi connectivity index (χ3v) is 4.72. The highest BCUT2D eigenvalue weighted by Gasteiger charge is 2.33. The highest BCUT2D eigenvalue weighted by atomic mass is 32.2. The van der Waals surface area contributed by atoms with Gasteiger partial charge in [-0.05, 0) is 23.8 Å². The fraction of sp³-hybridized carbons (Fsp3) is 0.250. The van der Waals surface area contributed by atoms with Crippen molar-refractivity contribution in [2.24, 2.45) is 0 Å². The van der Waals surface area contributed by atoms with E-state index in [0.717, 1.165) is 16.7 Å². The number of phenolic OH excluding ortho intramolecular Hbond substituents is 1. The molecule has 1 aromatic rings. The second-order valence-corrected chi connectivity index (χ2v) is 6.87. The van der Waals surface area contributed by atoms with Crippen molar-refractivity contribution in [3.05, 3.63) is 28.7 Å². The molecule has 138 valence electrons. The first-order chi connectivity index (χ1) is 12.3. The molecule has 0 spiro atoms. The SMILES string of the molecule is COc1cc(/C=C2\SC(=S)N(CC(=O)NCCC(=O)O)C2=O)ccc1O. The van der Waals surface area contributed by atoms with E-state index in [1.54, 1.807) is 18.2 Å². The number of methoxy groups -OCH3 is 1. The summed E-state index contributed by atoms with van der Waals surface area (Å²) in [6.45, 7) is -0.299. The fourth-order valence-corrected chi connectivity index (χ4v) is 3.34. The summed E-state index contributed by atoms with van der Waals surface area (Å²) in [5.74, 6) is -1.68. The van der Waals surface area contributed by atoms with Gasteiger partial charge in [0.1, 0.15) is 10.9 Å². The van der Waals surface area contributed by atoms with Gasteiger partial charge in [-0.3, -0.25) is 19.3 Å². The molecule has 8 nitrogen and oxygen atoms in total. The first-order valence-corrected chi connectivity index (χ1v) is 8.65. The van der Waals surface area contributed by atoms with Crippen molar-refractivity contribution < 1.29 is 29.3 Å². The number of hydrogen-bond acceptors (Lipinski definition) is 7. The Morgan fingerprint density at radius 2 is 2.15 bits per heavy atom. The summed E-state index contributed by atoms with van der Waals surface area (Å²) in [6, 6.07) is 4.63. The summed E-state index contributed by atoms with van der Waals surface area (Å²) in [6.07, 6.45) is 1.39. The summed E-state index contributed by atoms with van der Waals surface area (Å²) >= 11 is 6.20. The van der Waals surface area contributed by atoms with Crippen molar-refractivity contribution in [3.8, 4) is 11.5 Å². The van der Waals surface area contributed by atoms with Gasteiger partial charge in [-0.25, -0.2) is 0 Å². The van der Waals surface area contributed by atoms with Gasteiger partial charge >= 0.3 is 5.97 Å². The van der Waals surface area contributed by atoms with Crippen LogP contribution < -0.4 is 10.1 Å². The first kappa shape index (κ1) is 19.7. The Kier molecular flexibility index (Phi) is 6.58. The standard InChI is InChI=1S/C16H16N2O6S2/c1-24-11-6-9(2-3-10(11)19)7-12-15(23)18(16(25)26-12)8-13(20)17-5-4-14(21)22/h2-3,6-7,19H,4-5,8H2,1H3,(H,17,20)(H,21,22)/b12-7-. The second kappa shape index (κ2) is 8.68. The number of amides is 2. The number of rotatable bonds is 7. The molecule has 0 unspecified atom stereocenters. The number of thioether (sulfide) groups is 1. The van der Waals surface area contributed by atoms with Crippen LogP contribution in [0.15, 0.2) is 23.1 Å². The van der Waals surface area contributed by atoms with Crippen LogP contribution in [0, 0.1) is 0 Å². The first-order valence-electron chi connectivity index (χ1n) is 7.42. The number of thiocarbonyl (C=S) groups is 1. The summed E-state index contributed by atoms with van der Waals surface area (Å²) < 4.78 is 5.26. The molecule has 26 heavy (non-hydrogen) atoms. The number of aliphatic carboxylic acids is 1. The molecule has 1 aromatic carbocycles. The van der Waals surface area contributed by atoms with Crippen molar-refractivity contribution in [1.82, 2.24) is 10.2 Å². The zero-order valence-electron chi connectivity index (χ0n) is 13.7. The maximum atomic E-state index is 12.5. The molecule has 0 bridgehead atoms. The number of carboxylic acids is 1. The lowest BCUT2D eigenvalue weighted by Crippen LogP contribution is -2.40. The molecule has 0 aromatic heterocycles. The van der Waals surface area contributed by atoms with Crippen LogP contribution in [0.4, 0.5) is 0 Å². The van der Waals surface area contributed by atoms with Gasteiger partial charge in [-0.1, -0.05) is 30.0 Å². The molecular weight excluding hydrogens is 380 g/mol. The maximum absolute atomic E-state index is 12.5. The molecule has 2 amide bonds. The molecule has 0 aliphatic carbocycles. The minimum Gasteiger partial charge on any atom is -0.504 e. The predicted molar refractivity (Wildman–Crippen MR) is 99.8 cm³/mol. The van der Waals surface area contributed by atoms with E-state index in [1.165, 1.54) is 13.2 Å². The number of carbonyl (C=O) groups is 3. The third-order valence-electron chi connectivity index (χ3n) is 3.34. The number of phenols is 1. The van der Waals surface area contributed by atoms with E-state index < -0.39 is 17.8 Å². The number of carbonyl (C=O) groups excluding carboxylic acids is 2. The Balaban J connectivity index is 2.06. The third kappa shape index (κ3) is 4.96.